The van der Waals surface area contributed by atoms with Crippen LogP contribution in [0.5, 0.6) is 0 Å². The van der Waals surface area contributed by atoms with Gasteiger partial charge in [-0.1, -0.05) is 17.7 Å². The number of nitrogens with zero attached hydrogens (tertiary/aromatic N) is 3. The van der Waals surface area contributed by atoms with Gasteiger partial charge in [-0.25, -0.2) is 14.2 Å². The normalized spacial score (nSPS) is 30.2. The number of hydrogen-bond donors (Lipinski definition) is 1. The number of ether oxygens (including phenoxy) is 3. The molecule has 2 aromatic rings. The Kier molecular flexibility index (Phi) is 6.50. The predicted molar refractivity (Wildman–Crippen MR) is 137 cm³/mol. The minimum Gasteiger partial charge on any atom is -0.466 e. The predicted octanol–water partition coefficient (Wildman–Crippen LogP) is 3.25. The van der Waals surface area contributed by atoms with Gasteiger partial charge in [-0.15, -0.1) is 11.3 Å². The molecule has 6 rings (SSSR count). The molecular formula is C26H26ClFN4O5S. The van der Waals surface area contributed by atoms with Crippen molar-refractivity contribution in [1.29, 1.82) is 0 Å². The molecule has 12 heteroatoms. The summed E-state index contributed by atoms with van der Waals surface area (Å²) in [6.07, 6.45) is 2.96. The lowest BCUT2D eigenvalue weighted by molar-refractivity contribution is -0.146. The third-order valence-corrected chi connectivity index (χ3v) is 9.07. The highest BCUT2D eigenvalue weighted by molar-refractivity contribution is 7.11. The average Bonchev–Trinajstić information content (AvgIpc) is 3.61. The summed E-state index contributed by atoms with van der Waals surface area (Å²) in [6.45, 7) is 2.99. The highest BCUT2D eigenvalue weighted by atomic mass is 35.5. The topological polar surface area (TPSA) is 102 Å². The second-order valence-electron chi connectivity index (χ2n) is 10.0. The monoisotopic (exact) mass is 560 g/mol. The number of hydrogen-bond acceptors (Lipinski definition) is 10. The molecule has 0 radical (unpaired) electrons. The van der Waals surface area contributed by atoms with E-state index in [1.165, 1.54) is 43.6 Å². The first-order valence-corrected chi connectivity index (χ1v) is 13.6. The molecule has 2 saturated heterocycles. The fourth-order valence-corrected chi connectivity index (χ4v) is 7.34. The zero-order valence-corrected chi connectivity index (χ0v) is 22.4. The summed E-state index contributed by atoms with van der Waals surface area (Å²) in [6, 6.07) is 3.47. The van der Waals surface area contributed by atoms with Crippen molar-refractivity contribution in [1.82, 2.24) is 15.2 Å². The fraction of sp³-hybridized carbons (Fsp3) is 0.462. The first kappa shape index (κ1) is 25.4. The Balaban J connectivity index is 1.39. The van der Waals surface area contributed by atoms with E-state index in [4.69, 9.17) is 30.8 Å². The number of methoxy groups -OCH3 is 1. The number of likely N-dealkylation sites (tertiary alicyclic amines) is 1. The van der Waals surface area contributed by atoms with E-state index in [1.54, 1.807) is 6.20 Å². The van der Waals surface area contributed by atoms with E-state index in [-0.39, 0.29) is 34.6 Å². The number of rotatable bonds is 6. The van der Waals surface area contributed by atoms with Crippen LogP contribution in [0.15, 0.2) is 46.0 Å². The van der Waals surface area contributed by atoms with Crippen molar-refractivity contribution in [3.05, 3.63) is 62.5 Å². The van der Waals surface area contributed by atoms with Crippen LogP contribution in [-0.4, -0.2) is 72.7 Å². The van der Waals surface area contributed by atoms with Gasteiger partial charge >= 0.3 is 11.9 Å². The van der Waals surface area contributed by atoms with Gasteiger partial charge in [-0.05, 0) is 18.6 Å². The largest absolute Gasteiger partial charge is 0.466 e. The molecule has 1 spiro atoms. The summed E-state index contributed by atoms with van der Waals surface area (Å²) in [4.78, 5) is 36.4. The lowest BCUT2D eigenvalue weighted by Gasteiger charge is -2.57. The van der Waals surface area contributed by atoms with Crippen molar-refractivity contribution in [2.75, 3.05) is 26.9 Å². The second-order valence-corrected chi connectivity index (χ2v) is 11.3. The Labute approximate surface area is 227 Å². The summed E-state index contributed by atoms with van der Waals surface area (Å²) in [5.41, 5.74) is 1.32. The lowest BCUT2D eigenvalue weighted by atomic mass is 9.68. The maximum absolute atomic E-state index is 13.9. The molecule has 4 aliphatic rings. The molecule has 1 aromatic carbocycles. The minimum absolute atomic E-state index is 0.0767. The van der Waals surface area contributed by atoms with Crippen LogP contribution in [0.1, 0.15) is 36.4 Å². The molecule has 38 heavy (non-hydrogen) atoms. The molecule has 4 heterocycles. The van der Waals surface area contributed by atoms with Crippen LogP contribution >= 0.6 is 22.9 Å². The van der Waals surface area contributed by atoms with Gasteiger partial charge in [0.15, 0.2) is 10.8 Å². The van der Waals surface area contributed by atoms with Gasteiger partial charge in [-0.3, -0.25) is 14.7 Å². The zero-order chi connectivity index (χ0) is 26.6. The minimum atomic E-state index is -0.825. The van der Waals surface area contributed by atoms with E-state index >= 15 is 0 Å². The highest BCUT2D eigenvalue weighted by Gasteiger charge is 2.68. The molecule has 1 aromatic heterocycles. The number of nitrogens with one attached hydrogen (secondary N) is 1. The van der Waals surface area contributed by atoms with Gasteiger partial charge in [-0.2, -0.15) is 0 Å². The smallest absolute Gasteiger partial charge is 0.338 e. The third-order valence-electron chi connectivity index (χ3n) is 7.96. The Bertz CT molecular complexity index is 1350. The lowest BCUT2D eigenvalue weighted by Crippen LogP contribution is -2.69. The van der Waals surface area contributed by atoms with Gasteiger partial charge in [0.1, 0.15) is 18.0 Å². The van der Waals surface area contributed by atoms with Gasteiger partial charge in [0.05, 0.1) is 25.9 Å². The highest BCUT2D eigenvalue weighted by Crippen LogP contribution is 2.58. The third kappa shape index (κ3) is 4.12. The number of aliphatic imine (C=N–C) groups is 1. The summed E-state index contributed by atoms with van der Waals surface area (Å²) in [7, 11) is 1.32. The van der Waals surface area contributed by atoms with Crippen LogP contribution in [-0.2, 0) is 23.8 Å². The molecule has 9 nitrogen and oxygen atoms in total. The van der Waals surface area contributed by atoms with Gasteiger partial charge < -0.3 is 19.5 Å². The van der Waals surface area contributed by atoms with Gasteiger partial charge in [0, 0.05) is 65.2 Å². The van der Waals surface area contributed by atoms with Crippen molar-refractivity contribution in [3.63, 3.8) is 0 Å². The maximum atomic E-state index is 13.9. The van der Waals surface area contributed by atoms with Crippen LogP contribution in [0.2, 0.25) is 5.02 Å². The van der Waals surface area contributed by atoms with Crippen molar-refractivity contribution in [2.24, 2.45) is 10.4 Å². The van der Waals surface area contributed by atoms with E-state index in [0.717, 1.165) is 6.42 Å². The van der Waals surface area contributed by atoms with Crippen LogP contribution in [0.3, 0.4) is 0 Å². The van der Waals surface area contributed by atoms with E-state index in [1.807, 2.05) is 5.38 Å². The van der Waals surface area contributed by atoms with Crippen molar-refractivity contribution in [2.45, 2.75) is 44.0 Å². The Morgan fingerprint density at radius 1 is 1.37 bits per heavy atom. The first-order chi connectivity index (χ1) is 18.3. The number of benzene rings is 1. The molecule has 0 amide bonds. The molecule has 0 bridgehead atoms. The van der Waals surface area contributed by atoms with Crippen LogP contribution in [0.25, 0.3) is 0 Å². The molecule has 5 atom stereocenters. The Hall–Kier alpha value is -2.86. The number of amidine groups is 1. The van der Waals surface area contributed by atoms with E-state index in [9.17, 15) is 14.0 Å². The number of thiazole rings is 1. The van der Waals surface area contributed by atoms with E-state index in [0.29, 0.717) is 53.9 Å². The first-order valence-electron chi connectivity index (χ1n) is 12.3. The van der Waals surface area contributed by atoms with Crippen LogP contribution in [0.4, 0.5) is 4.39 Å². The van der Waals surface area contributed by atoms with Crippen LogP contribution in [0, 0.1) is 11.2 Å². The number of carbonyl (C=O) groups is 2. The Morgan fingerprint density at radius 3 is 2.92 bits per heavy atom. The van der Waals surface area contributed by atoms with Gasteiger partial charge in [0.2, 0.25) is 0 Å². The van der Waals surface area contributed by atoms with Crippen molar-refractivity contribution < 1.29 is 28.2 Å². The standard InChI is InChI=1S/C26H26ClFN4O5S/c1-13(33)37-15-8-19-26(9-15)12-36-11-20(26)32(19)10-18-21(25(34)35-2)22(16-4-3-14(28)7-17(16)27)31-23(30-18)24-29-5-6-38-24/h3-7,15,19-20,22H,8-12H2,1-2H3,(H,30,31)/t15?,19?,20?,22-,26?/m0/s1. The fourth-order valence-electron chi connectivity index (χ4n) is 6.49. The van der Waals surface area contributed by atoms with Crippen molar-refractivity contribution >= 4 is 40.7 Å². The number of esters is 2. The maximum Gasteiger partial charge on any atom is 0.338 e. The van der Waals surface area contributed by atoms with Gasteiger partial charge in [0.25, 0.3) is 0 Å². The number of carbonyl (C=O) groups excluding carboxylic acids is 2. The molecule has 3 aliphatic heterocycles. The molecule has 3 fully saturated rings. The second kappa shape index (κ2) is 9.71. The molecule has 200 valence electrons. The molecular weight excluding hydrogens is 535 g/mol. The van der Waals surface area contributed by atoms with E-state index < -0.39 is 17.8 Å². The van der Waals surface area contributed by atoms with E-state index in [2.05, 4.69) is 15.2 Å². The summed E-state index contributed by atoms with van der Waals surface area (Å²) >= 11 is 7.86. The summed E-state index contributed by atoms with van der Waals surface area (Å²) in [5, 5.41) is 5.99. The molecule has 1 N–H and O–H groups in total. The SMILES string of the molecule is COC(=O)C1=C(CN2C3COCC34CC(OC(C)=O)CC24)NC(c2nccs2)=N[C@H]1c1ccc(F)cc1Cl. The summed E-state index contributed by atoms with van der Waals surface area (Å²) in [5.74, 6) is -0.838. The quantitative estimate of drug-likeness (QED) is 0.537. The average molecular weight is 561 g/mol. The number of aromatic nitrogens is 1. The number of halogens is 2. The zero-order valence-electron chi connectivity index (χ0n) is 20.8. The van der Waals surface area contributed by atoms with Crippen molar-refractivity contribution in [3.8, 4) is 0 Å². The molecule has 1 saturated carbocycles. The van der Waals surface area contributed by atoms with Crippen LogP contribution < -0.4 is 5.32 Å². The molecule has 1 aliphatic carbocycles. The summed E-state index contributed by atoms with van der Waals surface area (Å²) < 4.78 is 30.6. The Morgan fingerprint density at radius 2 is 2.21 bits per heavy atom. The molecule has 4 unspecified atom stereocenters.